The highest BCUT2D eigenvalue weighted by atomic mass is 16.2. The van der Waals surface area contributed by atoms with Crippen LogP contribution in [0.4, 0.5) is 0 Å². The highest BCUT2D eigenvalue weighted by Gasteiger charge is 2.39. The summed E-state index contributed by atoms with van der Waals surface area (Å²) in [4.78, 5) is 25.9. The molecule has 1 aliphatic rings. The summed E-state index contributed by atoms with van der Waals surface area (Å²) in [6.45, 7) is 7.80. The monoisotopic (exact) mass is 269 g/mol. The van der Waals surface area contributed by atoms with Gasteiger partial charge in [-0.2, -0.15) is 0 Å². The van der Waals surface area contributed by atoms with Crippen LogP contribution >= 0.6 is 0 Å². The quantitative estimate of drug-likeness (QED) is 0.774. The van der Waals surface area contributed by atoms with Gasteiger partial charge in [-0.25, -0.2) is 0 Å². The maximum atomic E-state index is 12.6. The Kier molecular flexibility index (Phi) is 5.79. The number of amides is 2. The first-order valence-corrected chi connectivity index (χ1v) is 7.17. The van der Waals surface area contributed by atoms with E-state index < -0.39 is 0 Å². The third-order valence-corrected chi connectivity index (χ3v) is 3.87. The molecule has 0 spiro atoms. The van der Waals surface area contributed by atoms with E-state index in [-0.39, 0.29) is 29.8 Å². The van der Waals surface area contributed by atoms with Crippen LogP contribution in [0.1, 0.15) is 40.0 Å². The van der Waals surface area contributed by atoms with Crippen LogP contribution < -0.4 is 10.6 Å². The van der Waals surface area contributed by atoms with E-state index in [1.165, 1.54) is 0 Å². The van der Waals surface area contributed by atoms with E-state index in [9.17, 15) is 9.59 Å². The number of likely N-dealkylation sites (N-methyl/N-ethyl adjacent to an activating group) is 1. The smallest absolute Gasteiger partial charge is 0.239 e. The van der Waals surface area contributed by atoms with Gasteiger partial charge in [0.05, 0.1) is 12.0 Å². The Morgan fingerprint density at radius 1 is 1.32 bits per heavy atom. The highest BCUT2D eigenvalue weighted by molar-refractivity contribution is 5.88. The topological polar surface area (TPSA) is 61.4 Å². The molecule has 2 amide bonds. The van der Waals surface area contributed by atoms with Gasteiger partial charge in [0, 0.05) is 13.1 Å². The molecule has 0 saturated carbocycles. The largest absolute Gasteiger partial charge is 0.352 e. The van der Waals surface area contributed by atoms with Crippen molar-refractivity contribution in [3.05, 3.63) is 0 Å². The molecule has 0 aromatic heterocycles. The lowest BCUT2D eigenvalue weighted by Gasteiger charge is -2.38. The summed E-state index contributed by atoms with van der Waals surface area (Å²) in [5.74, 6) is 0.0152. The van der Waals surface area contributed by atoms with Gasteiger partial charge in [-0.05, 0) is 46.2 Å². The molecule has 1 saturated heterocycles. The number of hydrogen-bond acceptors (Lipinski definition) is 3. The minimum absolute atomic E-state index is 0.0916. The van der Waals surface area contributed by atoms with E-state index in [0.29, 0.717) is 0 Å². The number of carbonyl (C=O) groups is 2. The number of piperidine rings is 1. The summed E-state index contributed by atoms with van der Waals surface area (Å²) in [7, 11) is 1.72. The lowest BCUT2D eigenvalue weighted by molar-refractivity contribution is -0.145. The summed E-state index contributed by atoms with van der Waals surface area (Å²) in [5.41, 5.74) is -0.280. The van der Waals surface area contributed by atoms with Gasteiger partial charge in [-0.3, -0.25) is 9.59 Å². The third kappa shape index (κ3) is 4.20. The Morgan fingerprint density at radius 3 is 2.37 bits per heavy atom. The van der Waals surface area contributed by atoms with Crippen molar-refractivity contribution in [2.45, 2.75) is 46.1 Å². The van der Waals surface area contributed by atoms with Crippen LogP contribution in [0.5, 0.6) is 0 Å². The average molecular weight is 269 g/mol. The van der Waals surface area contributed by atoms with Gasteiger partial charge >= 0.3 is 0 Å². The van der Waals surface area contributed by atoms with E-state index in [1.54, 1.807) is 11.9 Å². The van der Waals surface area contributed by atoms with Crippen molar-refractivity contribution >= 4 is 11.8 Å². The molecule has 0 aromatic rings. The summed E-state index contributed by atoms with van der Waals surface area (Å²) in [6.07, 6.45) is 2.56. The molecule has 0 aliphatic carbocycles. The van der Waals surface area contributed by atoms with Crippen molar-refractivity contribution < 1.29 is 9.59 Å². The SMILES string of the molecule is CCC1(C(=O)N(C)CC(=O)NC(C)C)CCNCC1. The predicted octanol–water partition coefficient (Wildman–Crippen LogP) is 0.749. The number of hydrogen-bond donors (Lipinski definition) is 2. The molecule has 1 fully saturated rings. The van der Waals surface area contributed by atoms with Crippen molar-refractivity contribution in [2.24, 2.45) is 5.41 Å². The number of nitrogens with one attached hydrogen (secondary N) is 2. The van der Waals surface area contributed by atoms with Crippen LogP contribution in [-0.2, 0) is 9.59 Å². The van der Waals surface area contributed by atoms with Crippen molar-refractivity contribution in [2.75, 3.05) is 26.7 Å². The van der Waals surface area contributed by atoms with E-state index in [1.807, 2.05) is 13.8 Å². The van der Waals surface area contributed by atoms with Crippen molar-refractivity contribution in [3.8, 4) is 0 Å². The van der Waals surface area contributed by atoms with Crippen LogP contribution in [0.15, 0.2) is 0 Å². The zero-order chi connectivity index (χ0) is 14.5. The summed E-state index contributed by atoms with van der Waals surface area (Å²) >= 11 is 0. The van der Waals surface area contributed by atoms with Crippen LogP contribution in [0.3, 0.4) is 0 Å². The minimum atomic E-state index is -0.280. The first kappa shape index (κ1) is 16.0. The van der Waals surface area contributed by atoms with Gasteiger partial charge in [0.1, 0.15) is 0 Å². The molecule has 5 nitrogen and oxygen atoms in total. The van der Waals surface area contributed by atoms with Gasteiger partial charge in [-0.15, -0.1) is 0 Å². The maximum absolute atomic E-state index is 12.6. The lowest BCUT2D eigenvalue weighted by Crippen LogP contribution is -2.50. The standard InChI is InChI=1S/C14H27N3O2/c1-5-14(6-8-15-9-7-14)13(19)17(4)10-12(18)16-11(2)3/h11,15H,5-10H2,1-4H3,(H,16,18). The molecule has 0 radical (unpaired) electrons. The van der Waals surface area contributed by atoms with Gasteiger partial charge < -0.3 is 15.5 Å². The fraction of sp³-hybridized carbons (Fsp3) is 0.857. The molecular formula is C14H27N3O2. The molecule has 19 heavy (non-hydrogen) atoms. The average Bonchev–Trinajstić information content (AvgIpc) is 2.37. The lowest BCUT2D eigenvalue weighted by atomic mass is 9.75. The normalized spacial score (nSPS) is 18.2. The molecule has 0 atom stereocenters. The first-order valence-electron chi connectivity index (χ1n) is 7.17. The van der Waals surface area contributed by atoms with Crippen molar-refractivity contribution in [3.63, 3.8) is 0 Å². The first-order chi connectivity index (χ1) is 8.91. The maximum Gasteiger partial charge on any atom is 0.239 e. The molecular weight excluding hydrogens is 242 g/mol. The van der Waals surface area contributed by atoms with Gasteiger partial charge in [0.15, 0.2) is 0 Å². The molecule has 2 N–H and O–H groups in total. The molecule has 110 valence electrons. The third-order valence-electron chi connectivity index (χ3n) is 3.87. The predicted molar refractivity (Wildman–Crippen MR) is 75.7 cm³/mol. The summed E-state index contributed by atoms with van der Waals surface area (Å²) in [6, 6.07) is 0.106. The second-order valence-corrected chi connectivity index (χ2v) is 5.77. The number of nitrogens with zero attached hydrogens (tertiary/aromatic N) is 1. The minimum Gasteiger partial charge on any atom is -0.352 e. The summed E-state index contributed by atoms with van der Waals surface area (Å²) in [5, 5.41) is 6.10. The molecule has 0 unspecified atom stereocenters. The Hall–Kier alpha value is -1.10. The van der Waals surface area contributed by atoms with Gasteiger partial charge in [0.25, 0.3) is 0 Å². The highest BCUT2D eigenvalue weighted by Crippen LogP contribution is 2.34. The molecule has 1 aliphatic heterocycles. The fourth-order valence-electron chi connectivity index (χ4n) is 2.68. The van der Waals surface area contributed by atoms with Crippen molar-refractivity contribution in [1.29, 1.82) is 0 Å². The Bertz CT molecular complexity index is 323. The van der Waals surface area contributed by atoms with E-state index >= 15 is 0 Å². The zero-order valence-corrected chi connectivity index (χ0v) is 12.6. The molecule has 1 rings (SSSR count). The molecule has 0 aromatic carbocycles. The second kappa shape index (κ2) is 6.89. The zero-order valence-electron chi connectivity index (χ0n) is 12.6. The Morgan fingerprint density at radius 2 is 1.89 bits per heavy atom. The molecule has 5 heteroatoms. The summed E-state index contributed by atoms with van der Waals surface area (Å²) < 4.78 is 0. The number of rotatable bonds is 5. The molecule has 1 heterocycles. The van der Waals surface area contributed by atoms with Crippen LogP contribution in [-0.4, -0.2) is 49.4 Å². The molecule has 0 bridgehead atoms. The van der Waals surface area contributed by atoms with Crippen LogP contribution in [0.25, 0.3) is 0 Å². The van der Waals surface area contributed by atoms with Crippen molar-refractivity contribution in [1.82, 2.24) is 15.5 Å². The second-order valence-electron chi connectivity index (χ2n) is 5.77. The van der Waals surface area contributed by atoms with E-state index in [0.717, 1.165) is 32.4 Å². The van der Waals surface area contributed by atoms with Gasteiger partial charge in [0.2, 0.25) is 11.8 Å². The van der Waals surface area contributed by atoms with E-state index in [4.69, 9.17) is 0 Å². The Labute approximate surface area is 116 Å². The van der Waals surface area contributed by atoms with E-state index in [2.05, 4.69) is 17.6 Å². The Balaban J connectivity index is 2.61. The van der Waals surface area contributed by atoms with Crippen LogP contribution in [0, 0.1) is 5.41 Å². The fourth-order valence-corrected chi connectivity index (χ4v) is 2.68. The van der Waals surface area contributed by atoms with Crippen LogP contribution in [0.2, 0.25) is 0 Å². The number of carbonyl (C=O) groups excluding carboxylic acids is 2. The van der Waals surface area contributed by atoms with Gasteiger partial charge in [-0.1, -0.05) is 6.92 Å².